The third-order valence-electron chi connectivity index (χ3n) is 0.426. The minimum atomic E-state index is 0.178. The highest BCUT2D eigenvalue weighted by molar-refractivity contribution is 5.77. The van der Waals surface area contributed by atoms with Gasteiger partial charge < -0.3 is 5.32 Å². The molecule has 2 nitrogen and oxygen atoms in total. The largest absolute Gasteiger partial charge is 0.313 e. The summed E-state index contributed by atoms with van der Waals surface area (Å²) >= 11 is 0. The van der Waals surface area contributed by atoms with Crippen molar-refractivity contribution < 1.29 is 4.79 Å². The fraction of sp³-hybridized carbons (Fsp3) is 0.750. The van der Waals surface area contributed by atoms with E-state index in [1.54, 1.807) is 14.0 Å². The van der Waals surface area contributed by atoms with Crippen LogP contribution < -0.4 is 5.32 Å². The average molecular weight is 87.1 g/mol. The lowest BCUT2D eigenvalue weighted by Gasteiger charge is -1.85. The molecule has 36 valence electrons. The van der Waals surface area contributed by atoms with Crippen molar-refractivity contribution >= 4 is 5.78 Å². The molecule has 6 heavy (non-hydrogen) atoms. The Balaban J connectivity index is 2.83. The molecule has 0 saturated heterocycles. The first-order valence-electron chi connectivity index (χ1n) is 1.91. The number of carbonyl (C=O) groups excluding carboxylic acids is 1. The van der Waals surface area contributed by atoms with Gasteiger partial charge in [0.05, 0.1) is 6.54 Å². The van der Waals surface area contributed by atoms with E-state index in [9.17, 15) is 4.79 Å². The number of hydrogen-bond acceptors (Lipinski definition) is 2. The zero-order valence-corrected chi connectivity index (χ0v) is 4.12. The highest BCUT2D eigenvalue weighted by Gasteiger charge is 1.82. The number of Topliss-reactive ketones (excluding diaryl/α,β-unsaturated/α-hetero) is 1. The molecule has 0 radical (unpaired) electrons. The first kappa shape index (κ1) is 5.63. The lowest BCUT2D eigenvalue weighted by atomic mass is 10.5. The summed E-state index contributed by atoms with van der Waals surface area (Å²) in [5.41, 5.74) is 0. The van der Waals surface area contributed by atoms with Crippen LogP contribution in [0.25, 0.3) is 0 Å². The molecule has 0 aliphatic carbocycles. The van der Waals surface area contributed by atoms with E-state index in [-0.39, 0.29) is 5.78 Å². The van der Waals surface area contributed by atoms with Crippen molar-refractivity contribution in [1.82, 2.24) is 5.32 Å². The van der Waals surface area contributed by atoms with Crippen molar-refractivity contribution in [2.45, 2.75) is 6.92 Å². The van der Waals surface area contributed by atoms with Gasteiger partial charge in [0.25, 0.3) is 0 Å². The van der Waals surface area contributed by atoms with Crippen LogP contribution in [0.3, 0.4) is 0 Å². The van der Waals surface area contributed by atoms with Gasteiger partial charge in [-0.3, -0.25) is 4.79 Å². The van der Waals surface area contributed by atoms with E-state index in [1.807, 2.05) is 0 Å². The Bertz CT molecular complexity index is 51.5. The first-order chi connectivity index (χ1) is 2.77. The van der Waals surface area contributed by atoms with Crippen LogP contribution >= 0.6 is 0 Å². The molecule has 0 aromatic rings. The molecule has 2 heteroatoms. The molecule has 0 heterocycles. The molecule has 0 aliphatic rings. The lowest BCUT2D eigenvalue weighted by Crippen LogP contribution is -2.14. The van der Waals surface area contributed by atoms with Gasteiger partial charge in [-0.15, -0.1) is 0 Å². The Morgan fingerprint density at radius 2 is 2.33 bits per heavy atom. The Morgan fingerprint density at radius 3 is 2.33 bits per heavy atom. The minimum Gasteiger partial charge on any atom is -0.313 e. The van der Waals surface area contributed by atoms with E-state index in [2.05, 4.69) is 5.32 Å². The van der Waals surface area contributed by atoms with E-state index in [1.165, 1.54) is 0 Å². The summed E-state index contributed by atoms with van der Waals surface area (Å²) in [5, 5.41) is 2.72. The molecule has 1 N–H and O–H groups in total. The second-order valence-electron chi connectivity index (χ2n) is 1.23. The number of nitrogens with one attached hydrogen (secondary N) is 1. The molecule has 0 saturated carbocycles. The van der Waals surface area contributed by atoms with Crippen LogP contribution in [-0.2, 0) is 4.79 Å². The number of likely N-dealkylation sites (N-methyl/N-ethyl adjacent to an activating group) is 1. The van der Waals surface area contributed by atoms with E-state index in [4.69, 9.17) is 0 Å². The molecule has 0 unspecified atom stereocenters. The van der Waals surface area contributed by atoms with Gasteiger partial charge >= 0.3 is 0 Å². The SMILES string of the molecule is CNCC(C)=O. The zero-order valence-electron chi connectivity index (χ0n) is 4.12. The van der Waals surface area contributed by atoms with E-state index >= 15 is 0 Å². The predicted molar refractivity (Wildman–Crippen MR) is 24.6 cm³/mol. The Kier molecular flexibility index (Phi) is 2.67. The standard InChI is InChI=1S/C4H9NO/c1-4(6)3-5-2/h5H,3H2,1-2H3. The van der Waals surface area contributed by atoms with Gasteiger partial charge in [-0.2, -0.15) is 0 Å². The average Bonchev–Trinajstić information content (AvgIpc) is 1.35. The highest BCUT2D eigenvalue weighted by Crippen LogP contribution is 1.57. The third kappa shape index (κ3) is 3.63. The van der Waals surface area contributed by atoms with Gasteiger partial charge in [-0.1, -0.05) is 0 Å². The second-order valence-corrected chi connectivity index (χ2v) is 1.23. The smallest absolute Gasteiger partial charge is 0.143 e. The van der Waals surface area contributed by atoms with Crippen molar-refractivity contribution in [3.05, 3.63) is 0 Å². The first-order valence-corrected chi connectivity index (χ1v) is 1.91. The molecular weight excluding hydrogens is 78.0 g/mol. The Morgan fingerprint density at radius 1 is 1.83 bits per heavy atom. The maximum atomic E-state index is 9.98. The topological polar surface area (TPSA) is 29.1 Å². The van der Waals surface area contributed by atoms with Crippen molar-refractivity contribution in [2.75, 3.05) is 13.6 Å². The fourth-order valence-corrected chi connectivity index (χ4v) is 0.249. The van der Waals surface area contributed by atoms with Gasteiger partial charge in [-0.05, 0) is 14.0 Å². The lowest BCUT2D eigenvalue weighted by molar-refractivity contribution is -0.116. The molecule has 0 atom stereocenters. The molecule has 0 aromatic heterocycles. The number of rotatable bonds is 2. The highest BCUT2D eigenvalue weighted by atomic mass is 16.1. The van der Waals surface area contributed by atoms with E-state index in [0.717, 1.165) is 0 Å². The van der Waals surface area contributed by atoms with Crippen molar-refractivity contribution in [3.8, 4) is 0 Å². The van der Waals surface area contributed by atoms with Gasteiger partial charge in [0.1, 0.15) is 5.78 Å². The molecular formula is C4H9NO. The van der Waals surface area contributed by atoms with Crippen LogP contribution in [-0.4, -0.2) is 19.4 Å². The van der Waals surface area contributed by atoms with Crippen LogP contribution in [0.5, 0.6) is 0 Å². The monoisotopic (exact) mass is 87.1 g/mol. The normalized spacial score (nSPS) is 8.33. The summed E-state index contributed by atoms with van der Waals surface area (Å²) < 4.78 is 0. The molecule has 0 aliphatic heterocycles. The Hall–Kier alpha value is -0.370. The molecule has 0 fully saturated rings. The zero-order chi connectivity index (χ0) is 4.99. The summed E-state index contributed by atoms with van der Waals surface area (Å²) in [7, 11) is 1.75. The summed E-state index contributed by atoms with van der Waals surface area (Å²) in [5.74, 6) is 0.178. The van der Waals surface area contributed by atoms with E-state index in [0.29, 0.717) is 6.54 Å². The van der Waals surface area contributed by atoms with Gasteiger partial charge in [-0.25, -0.2) is 0 Å². The maximum Gasteiger partial charge on any atom is 0.143 e. The van der Waals surface area contributed by atoms with Crippen LogP contribution in [0, 0.1) is 0 Å². The molecule has 0 amide bonds. The maximum absolute atomic E-state index is 9.98. The van der Waals surface area contributed by atoms with Crippen molar-refractivity contribution in [2.24, 2.45) is 0 Å². The van der Waals surface area contributed by atoms with Crippen LogP contribution in [0.1, 0.15) is 6.92 Å². The summed E-state index contributed by atoms with van der Waals surface area (Å²) in [6.45, 7) is 2.04. The van der Waals surface area contributed by atoms with Gasteiger partial charge in [0.15, 0.2) is 0 Å². The number of ketones is 1. The molecule has 0 bridgehead atoms. The minimum absolute atomic E-state index is 0.178. The summed E-state index contributed by atoms with van der Waals surface area (Å²) in [6.07, 6.45) is 0. The quantitative estimate of drug-likeness (QED) is 0.505. The van der Waals surface area contributed by atoms with Crippen LogP contribution in [0.2, 0.25) is 0 Å². The summed E-state index contributed by atoms with van der Waals surface area (Å²) in [4.78, 5) is 9.98. The van der Waals surface area contributed by atoms with E-state index < -0.39 is 0 Å². The molecule has 0 rings (SSSR count). The third-order valence-corrected chi connectivity index (χ3v) is 0.426. The predicted octanol–water partition coefficient (Wildman–Crippen LogP) is -0.205. The van der Waals surface area contributed by atoms with Gasteiger partial charge in [0, 0.05) is 0 Å². The van der Waals surface area contributed by atoms with Crippen LogP contribution in [0.4, 0.5) is 0 Å². The fourth-order valence-electron chi connectivity index (χ4n) is 0.249. The number of carbonyl (C=O) groups is 1. The number of hydrogen-bond donors (Lipinski definition) is 1. The van der Waals surface area contributed by atoms with Crippen molar-refractivity contribution in [3.63, 3.8) is 0 Å². The summed E-state index contributed by atoms with van der Waals surface area (Å²) in [6, 6.07) is 0. The Labute approximate surface area is 37.5 Å². The molecule has 0 aromatic carbocycles. The van der Waals surface area contributed by atoms with Crippen LogP contribution in [0.15, 0.2) is 0 Å². The molecule has 0 spiro atoms. The second kappa shape index (κ2) is 2.85. The van der Waals surface area contributed by atoms with Gasteiger partial charge in [0.2, 0.25) is 0 Å². The van der Waals surface area contributed by atoms with Crippen molar-refractivity contribution in [1.29, 1.82) is 0 Å².